The summed E-state index contributed by atoms with van der Waals surface area (Å²) in [7, 11) is 3.07. The molecular formula is C23H22BrF3N4O3. The highest BCUT2D eigenvalue weighted by Crippen LogP contribution is 2.27. The minimum Gasteiger partial charge on any atom is -0.489 e. The standard InChI is InChI=1S/C23H22BrF3N4O3/c1-28-22(32)15-7-8-18(20(13-15)34-12-11-33-2)29-9-3-6-17-19(14-23(25,26)27)31-10-4-5-16(24)21(31)30-17/h4-5,7-8,10,13,29H,9,11-12,14H2,1-2H3,(H,28,32). The Morgan fingerprint density at radius 3 is 2.76 bits per heavy atom. The smallest absolute Gasteiger partial charge is 0.394 e. The van der Waals surface area contributed by atoms with Crippen LogP contribution in [0.25, 0.3) is 5.65 Å². The van der Waals surface area contributed by atoms with Crippen molar-refractivity contribution in [1.29, 1.82) is 0 Å². The maximum Gasteiger partial charge on any atom is 0.394 e. The molecule has 3 aromatic rings. The van der Waals surface area contributed by atoms with Crippen molar-refractivity contribution in [2.45, 2.75) is 12.6 Å². The number of aromatic nitrogens is 2. The van der Waals surface area contributed by atoms with Gasteiger partial charge >= 0.3 is 6.18 Å². The van der Waals surface area contributed by atoms with E-state index in [4.69, 9.17) is 9.47 Å². The minimum atomic E-state index is -4.41. The highest BCUT2D eigenvalue weighted by Gasteiger charge is 2.31. The van der Waals surface area contributed by atoms with Crippen LogP contribution in [0, 0.1) is 11.8 Å². The summed E-state index contributed by atoms with van der Waals surface area (Å²) in [6.45, 7) is 0.736. The normalized spacial score (nSPS) is 11.1. The van der Waals surface area contributed by atoms with Crippen molar-refractivity contribution in [2.24, 2.45) is 0 Å². The number of halogens is 4. The van der Waals surface area contributed by atoms with Gasteiger partial charge in [-0.3, -0.25) is 4.79 Å². The number of rotatable bonds is 8. The first-order chi connectivity index (χ1) is 16.2. The molecule has 0 aliphatic rings. The lowest BCUT2D eigenvalue weighted by atomic mass is 10.1. The first-order valence-electron chi connectivity index (χ1n) is 10.2. The maximum atomic E-state index is 13.2. The molecule has 11 heteroatoms. The zero-order chi connectivity index (χ0) is 24.7. The number of nitrogens with zero attached hydrogens (tertiary/aromatic N) is 2. The fraction of sp³-hybridized carbons (Fsp3) is 0.304. The second kappa shape index (κ2) is 11.3. The second-order valence-electron chi connectivity index (χ2n) is 7.04. The van der Waals surface area contributed by atoms with Crippen LogP contribution in [0.3, 0.4) is 0 Å². The van der Waals surface area contributed by atoms with E-state index in [9.17, 15) is 18.0 Å². The number of benzene rings is 1. The predicted octanol–water partition coefficient (Wildman–Crippen LogP) is 4.05. The van der Waals surface area contributed by atoms with Crippen LogP contribution in [-0.2, 0) is 11.2 Å². The van der Waals surface area contributed by atoms with Crippen LogP contribution in [0.2, 0.25) is 0 Å². The fourth-order valence-electron chi connectivity index (χ4n) is 3.12. The molecule has 180 valence electrons. The van der Waals surface area contributed by atoms with E-state index in [1.165, 1.54) is 17.6 Å². The van der Waals surface area contributed by atoms with Crippen LogP contribution in [0.1, 0.15) is 21.7 Å². The molecule has 0 unspecified atom stereocenters. The molecule has 1 aromatic carbocycles. The number of carbonyl (C=O) groups is 1. The van der Waals surface area contributed by atoms with Crippen molar-refractivity contribution in [1.82, 2.24) is 14.7 Å². The first-order valence-corrected chi connectivity index (χ1v) is 11.0. The highest BCUT2D eigenvalue weighted by atomic mass is 79.9. The van der Waals surface area contributed by atoms with Crippen LogP contribution in [0.4, 0.5) is 18.9 Å². The molecule has 0 aliphatic heterocycles. The summed E-state index contributed by atoms with van der Waals surface area (Å²) in [4.78, 5) is 16.2. The number of carbonyl (C=O) groups excluding carboxylic acids is 1. The summed E-state index contributed by atoms with van der Waals surface area (Å²) in [6.07, 6.45) is -4.04. The quantitative estimate of drug-likeness (QED) is 0.334. The van der Waals surface area contributed by atoms with E-state index >= 15 is 0 Å². The van der Waals surface area contributed by atoms with E-state index in [1.807, 2.05) is 0 Å². The van der Waals surface area contributed by atoms with Crippen LogP contribution in [0.5, 0.6) is 5.75 Å². The van der Waals surface area contributed by atoms with Gasteiger partial charge in [0.25, 0.3) is 5.91 Å². The molecule has 0 saturated carbocycles. The minimum absolute atomic E-state index is 0.0326. The van der Waals surface area contributed by atoms with Crippen molar-refractivity contribution in [3.63, 3.8) is 0 Å². The molecule has 1 amide bonds. The SMILES string of the molecule is CNC(=O)c1ccc(NCC#Cc2nc3c(Br)cccn3c2CC(F)(F)F)c(OCCOC)c1. The number of amides is 1. The lowest BCUT2D eigenvalue weighted by Crippen LogP contribution is -2.18. The molecule has 0 saturated heterocycles. The average Bonchev–Trinajstić information content (AvgIpc) is 3.14. The van der Waals surface area contributed by atoms with Gasteiger partial charge in [-0.05, 0) is 52.2 Å². The van der Waals surface area contributed by atoms with Crippen LogP contribution >= 0.6 is 15.9 Å². The zero-order valence-corrected chi connectivity index (χ0v) is 20.0. The molecule has 7 nitrogen and oxygen atoms in total. The third-order valence-corrected chi connectivity index (χ3v) is 5.28. The van der Waals surface area contributed by atoms with Crippen LogP contribution in [-0.4, -0.2) is 55.4 Å². The Morgan fingerprint density at radius 2 is 2.06 bits per heavy atom. The predicted molar refractivity (Wildman–Crippen MR) is 125 cm³/mol. The summed E-state index contributed by atoms with van der Waals surface area (Å²) in [5.41, 5.74) is 1.37. The molecule has 0 aliphatic carbocycles. The first kappa shape index (κ1) is 25.4. The average molecular weight is 539 g/mol. The van der Waals surface area contributed by atoms with Gasteiger partial charge < -0.3 is 24.5 Å². The molecule has 2 N–H and O–H groups in total. The number of hydrogen-bond donors (Lipinski definition) is 2. The van der Waals surface area contributed by atoms with Gasteiger partial charge in [-0.25, -0.2) is 4.98 Å². The van der Waals surface area contributed by atoms with Gasteiger partial charge in [-0.2, -0.15) is 13.2 Å². The Morgan fingerprint density at radius 1 is 1.26 bits per heavy atom. The summed E-state index contributed by atoms with van der Waals surface area (Å²) in [5.74, 6) is 5.72. The number of fused-ring (bicyclic) bond motifs is 1. The lowest BCUT2D eigenvalue weighted by Gasteiger charge is -2.13. The molecule has 0 spiro atoms. The number of methoxy groups -OCH3 is 1. The van der Waals surface area contributed by atoms with Crippen LogP contribution < -0.4 is 15.4 Å². The summed E-state index contributed by atoms with van der Waals surface area (Å²) < 4.78 is 52.1. The zero-order valence-electron chi connectivity index (χ0n) is 18.4. The van der Waals surface area contributed by atoms with E-state index in [0.29, 0.717) is 33.7 Å². The van der Waals surface area contributed by atoms with Crippen LogP contribution in [0.15, 0.2) is 41.0 Å². The number of imidazole rings is 1. The summed E-state index contributed by atoms with van der Waals surface area (Å²) >= 11 is 3.31. The van der Waals surface area contributed by atoms with Crippen molar-refractivity contribution < 1.29 is 27.4 Å². The molecule has 0 radical (unpaired) electrons. The van der Waals surface area contributed by atoms with Gasteiger partial charge in [0.05, 0.1) is 35.4 Å². The van der Waals surface area contributed by atoms with E-state index < -0.39 is 12.6 Å². The molecule has 0 atom stereocenters. The van der Waals surface area contributed by atoms with E-state index in [-0.39, 0.29) is 30.4 Å². The molecule has 0 bridgehead atoms. The van der Waals surface area contributed by atoms with Gasteiger partial charge in [0.1, 0.15) is 18.1 Å². The molecule has 3 rings (SSSR count). The number of hydrogen-bond acceptors (Lipinski definition) is 5. The van der Waals surface area contributed by atoms with Gasteiger partial charge in [-0.15, -0.1) is 0 Å². The number of pyridine rings is 1. The van der Waals surface area contributed by atoms with Gasteiger partial charge in [-0.1, -0.05) is 5.92 Å². The maximum absolute atomic E-state index is 13.2. The Labute approximate surface area is 202 Å². The van der Waals surface area contributed by atoms with E-state index in [0.717, 1.165) is 0 Å². The fourth-order valence-corrected chi connectivity index (χ4v) is 3.55. The number of nitrogens with one attached hydrogen (secondary N) is 2. The Balaban J connectivity index is 1.83. The molecule has 34 heavy (non-hydrogen) atoms. The van der Waals surface area contributed by atoms with Crippen molar-refractivity contribution in [3.8, 4) is 17.6 Å². The Kier molecular flexibility index (Phi) is 8.41. The van der Waals surface area contributed by atoms with E-state index in [2.05, 4.69) is 43.4 Å². The largest absolute Gasteiger partial charge is 0.489 e. The van der Waals surface area contributed by atoms with Crippen molar-refractivity contribution in [2.75, 3.05) is 39.2 Å². The third-order valence-electron chi connectivity index (χ3n) is 4.66. The summed E-state index contributed by atoms with van der Waals surface area (Å²) in [6, 6.07) is 8.21. The monoisotopic (exact) mass is 538 g/mol. The molecular weight excluding hydrogens is 517 g/mol. The Bertz CT molecular complexity index is 1230. The lowest BCUT2D eigenvalue weighted by molar-refractivity contribution is -0.128. The van der Waals surface area contributed by atoms with Crippen molar-refractivity contribution >= 4 is 33.2 Å². The van der Waals surface area contributed by atoms with Crippen molar-refractivity contribution in [3.05, 3.63) is 58.0 Å². The second-order valence-corrected chi connectivity index (χ2v) is 7.89. The molecule has 0 fully saturated rings. The Hall–Kier alpha value is -3.23. The topological polar surface area (TPSA) is 76.9 Å². The van der Waals surface area contributed by atoms with Gasteiger partial charge in [0.15, 0.2) is 5.65 Å². The third kappa shape index (κ3) is 6.42. The number of anilines is 1. The van der Waals surface area contributed by atoms with Gasteiger partial charge in [0, 0.05) is 25.9 Å². The number of alkyl halides is 3. The summed E-state index contributed by atoms with van der Waals surface area (Å²) in [5, 5.41) is 5.62. The number of ether oxygens (including phenoxy) is 2. The van der Waals surface area contributed by atoms with E-state index in [1.54, 1.807) is 37.4 Å². The van der Waals surface area contributed by atoms with Gasteiger partial charge in [0.2, 0.25) is 0 Å². The molecule has 2 heterocycles. The highest BCUT2D eigenvalue weighted by molar-refractivity contribution is 9.10. The molecule has 2 aromatic heterocycles.